The number of halogens is 2. The Morgan fingerprint density at radius 2 is 1.76 bits per heavy atom. The number of aryl methyl sites for hydroxylation is 1. The lowest BCUT2D eigenvalue weighted by molar-refractivity contribution is 1.11. The van der Waals surface area contributed by atoms with Gasteiger partial charge < -0.3 is 10.6 Å². The summed E-state index contributed by atoms with van der Waals surface area (Å²) in [6.45, 7) is 1.86. The molecule has 3 aromatic rings. The van der Waals surface area contributed by atoms with E-state index in [9.17, 15) is 5.26 Å². The van der Waals surface area contributed by atoms with Crippen molar-refractivity contribution in [2.24, 2.45) is 0 Å². The highest BCUT2D eigenvalue weighted by Gasteiger charge is 2.08. The fourth-order valence-corrected chi connectivity index (χ4v) is 2.68. The number of rotatable bonds is 4. The quantitative estimate of drug-likeness (QED) is 0.639. The van der Waals surface area contributed by atoms with Crippen LogP contribution in [0.15, 0.2) is 48.5 Å². The molecule has 0 aliphatic carbocycles. The van der Waals surface area contributed by atoms with Crippen molar-refractivity contribution in [1.82, 2.24) is 9.97 Å². The van der Waals surface area contributed by atoms with Gasteiger partial charge in [-0.1, -0.05) is 35.3 Å². The van der Waals surface area contributed by atoms with Gasteiger partial charge in [-0.15, -0.1) is 0 Å². The van der Waals surface area contributed by atoms with Crippen molar-refractivity contribution in [1.29, 1.82) is 5.26 Å². The smallest absolute Gasteiger partial charge is 0.229 e. The van der Waals surface area contributed by atoms with Gasteiger partial charge in [-0.3, -0.25) is 0 Å². The van der Waals surface area contributed by atoms with Gasteiger partial charge in [0.15, 0.2) is 0 Å². The highest BCUT2D eigenvalue weighted by atomic mass is 35.5. The van der Waals surface area contributed by atoms with Crippen LogP contribution in [0.1, 0.15) is 11.3 Å². The van der Waals surface area contributed by atoms with Gasteiger partial charge >= 0.3 is 0 Å². The Morgan fingerprint density at radius 1 is 0.960 bits per heavy atom. The average Bonchev–Trinajstić information content (AvgIpc) is 2.57. The molecule has 0 radical (unpaired) electrons. The molecule has 0 saturated carbocycles. The van der Waals surface area contributed by atoms with Crippen LogP contribution in [-0.2, 0) is 0 Å². The first kappa shape index (κ1) is 17.0. The summed E-state index contributed by atoms with van der Waals surface area (Å²) in [5.74, 6) is 0.962. The van der Waals surface area contributed by atoms with Crippen molar-refractivity contribution < 1.29 is 0 Å². The number of nitriles is 1. The van der Waals surface area contributed by atoms with E-state index in [1.54, 1.807) is 30.3 Å². The number of benzene rings is 2. The SMILES string of the molecule is Cc1cc(Nc2ccccc2C#N)nc(Nc2ccc(Cl)cc2Cl)n1. The van der Waals surface area contributed by atoms with Gasteiger partial charge in [0, 0.05) is 16.8 Å². The largest absolute Gasteiger partial charge is 0.339 e. The molecule has 0 unspecified atom stereocenters. The standard InChI is InChI=1S/C18H13Cl2N5/c1-11-8-17(23-15-5-3-2-4-12(15)10-21)25-18(22-11)24-16-7-6-13(19)9-14(16)20/h2-9H,1H3,(H2,22,23,24,25). The van der Waals surface area contributed by atoms with E-state index in [1.165, 1.54) is 0 Å². The molecule has 2 aromatic carbocycles. The Balaban J connectivity index is 1.89. The summed E-state index contributed by atoms with van der Waals surface area (Å²) in [5.41, 5.74) is 2.63. The summed E-state index contributed by atoms with van der Waals surface area (Å²) in [6, 6.07) is 16.3. The maximum Gasteiger partial charge on any atom is 0.229 e. The van der Waals surface area contributed by atoms with Crippen molar-refractivity contribution in [3.8, 4) is 6.07 Å². The lowest BCUT2D eigenvalue weighted by Crippen LogP contribution is -2.03. The van der Waals surface area contributed by atoms with Crippen LogP contribution in [-0.4, -0.2) is 9.97 Å². The van der Waals surface area contributed by atoms with E-state index in [-0.39, 0.29) is 0 Å². The van der Waals surface area contributed by atoms with Gasteiger partial charge in [0.2, 0.25) is 5.95 Å². The lowest BCUT2D eigenvalue weighted by atomic mass is 10.2. The zero-order chi connectivity index (χ0) is 17.8. The number of aromatic nitrogens is 2. The molecule has 7 heteroatoms. The van der Waals surface area contributed by atoms with Crippen molar-refractivity contribution in [2.45, 2.75) is 6.92 Å². The van der Waals surface area contributed by atoms with E-state index in [4.69, 9.17) is 23.2 Å². The molecule has 0 fully saturated rings. The highest BCUT2D eigenvalue weighted by molar-refractivity contribution is 6.36. The van der Waals surface area contributed by atoms with E-state index >= 15 is 0 Å². The maximum absolute atomic E-state index is 9.19. The second-order valence-electron chi connectivity index (χ2n) is 5.25. The third kappa shape index (κ3) is 4.18. The minimum absolute atomic E-state index is 0.390. The van der Waals surface area contributed by atoms with Crippen molar-refractivity contribution in [3.05, 3.63) is 69.8 Å². The van der Waals surface area contributed by atoms with E-state index < -0.39 is 0 Å². The fraction of sp³-hybridized carbons (Fsp3) is 0.0556. The third-order valence-electron chi connectivity index (χ3n) is 3.34. The van der Waals surface area contributed by atoms with Crippen molar-refractivity contribution >= 4 is 46.3 Å². The third-order valence-corrected chi connectivity index (χ3v) is 3.89. The van der Waals surface area contributed by atoms with Crippen LogP contribution < -0.4 is 10.6 Å². The first-order valence-corrected chi connectivity index (χ1v) is 8.14. The first-order valence-electron chi connectivity index (χ1n) is 7.39. The van der Waals surface area contributed by atoms with E-state index in [0.29, 0.717) is 38.7 Å². The predicted molar refractivity (Wildman–Crippen MR) is 101 cm³/mol. The molecule has 2 N–H and O–H groups in total. The molecule has 25 heavy (non-hydrogen) atoms. The van der Waals surface area contributed by atoms with Gasteiger partial charge in [0.05, 0.1) is 22.0 Å². The van der Waals surface area contributed by atoms with Crippen LogP contribution in [0.5, 0.6) is 0 Å². The fourth-order valence-electron chi connectivity index (χ4n) is 2.23. The number of nitrogens with zero attached hydrogens (tertiary/aromatic N) is 3. The van der Waals surface area contributed by atoms with Gasteiger partial charge in [0.25, 0.3) is 0 Å². The van der Waals surface area contributed by atoms with Gasteiger partial charge in [-0.25, -0.2) is 4.98 Å². The van der Waals surface area contributed by atoms with Crippen LogP contribution in [0.4, 0.5) is 23.1 Å². The van der Waals surface area contributed by atoms with Crippen molar-refractivity contribution in [2.75, 3.05) is 10.6 Å². The second-order valence-corrected chi connectivity index (χ2v) is 6.09. The maximum atomic E-state index is 9.19. The number of anilines is 4. The number of hydrogen-bond acceptors (Lipinski definition) is 5. The Hall–Kier alpha value is -2.81. The highest BCUT2D eigenvalue weighted by Crippen LogP contribution is 2.28. The molecular formula is C18H13Cl2N5. The van der Waals surface area contributed by atoms with Crippen molar-refractivity contribution in [3.63, 3.8) is 0 Å². The summed E-state index contributed by atoms with van der Waals surface area (Å²) in [4.78, 5) is 8.79. The molecule has 0 amide bonds. The monoisotopic (exact) mass is 369 g/mol. The van der Waals surface area contributed by atoms with Crippen LogP contribution >= 0.6 is 23.2 Å². The number of hydrogen-bond donors (Lipinski definition) is 2. The minimum atomic E-state index is 0.390. The molecular weight excluding hydrogens is 357 g/mol. The normalized spacial score (nSPS) is 10.2. The molecule has 124 valence electrons. The molecule has 0 aliphatic heterocycles. The van der Waals surface area contributed by atoms with E-state index in [0.717, 1.165) is 5.69 Å². The zero-order valence-corrected chi connectivity index (χ0v) is 14.7. The Kier molecular flexibility index (Phi) is 5.03. The van der Waals surface area contributed by atoms with Gasteiger partial charge in [-0.05, 0) is 37.3 Å². The average molecular weight is 370 g/mol. The minimum Gasteiger partial charge on any atom is -0.339 e. The summed E-state index contributed by atoms with van der Waals surface area (Å²) in [7, 11) is 0. The number of nitrogens with one attached hydrogen (secondary N) is 2. The summed E-state index contributed by atoms with van der Waals surface area (Å²) in [6.07, 6.45) is 0. The molecule has 0 spiro atoms. The van der Waals surface area contributed by atoms with Crippen LogP contribution in [0.2, 0.25) is 10.0 Å². The lowest BCUT2D eigenvalue weighted by Gasteiger charge is -2.11. The molecule has 3 rings (SSSR count). The summed E-state index contributed by atoms with van der Waals surface area (Å²) >= 11 is 12.1. The summed E-state index contributed by atoms with van der Waals surface area (Å²) in [5, 5.41) is 16.4. The van der Waals surface area contributed by atoms with Gasteiger partial charge in [0.1, 0.15) is 11.9 Å². The second kappa shape index (κ2) is 7.39. The predicted octanol–water partition coefficient (Wildman–Crippen LogP) is 5.45. The van der Waals surface area contributed by atoms with Gasteiger partial charge in [-0.2, -0.15) is 10.2 Å². The molecule has 5 nitrogen and oxygen atoms in total. The van der Waals surface area contributed by atoms with E-state index in [2.05, 4.69) is 26.7 Å². The first-order chi connectivity index (χ1) is 12.0. The molecule has 0 aliphatic rings. The van der Waals surface area contributed by atoms with E-state index in [1.807, 2.05) is 25.1 Å². The Bertz CT molecular complexity index is 966. The Labute approximate surface area is 155 Å². The molecule has 1 heterocycles. The molecule has 0 saturated heterocycles. The Morgan fingerprint density at radius 3 is 2.52 bits per heavy atom. The molecule has 1 aromatic heterocycles. The summed E-state index contributed by atoms with van der Waals surface area (Å²) < 4.78 is 0. The van der Waals surface area contributed by atoms with Crippen LogP contribution in [0.25, 0.3) is 0 Å². The zero-order valence-electron chi connectivity index (χ0n) is 13.2. The van der Waals surface area contributed by atoms with Crippen LogP contribution in [0.3, 0.4) is 0 Å². The number of para-hydroxylation sites is 1. The molecule has 0 bridgehead atoms. The van der Waals surface area contributed by atoms with Crippen LogP contribution in [0, 0.1) is 18.3 Å². The molecule has 0 atom stereocenters. The topological polar surface area (TPSA) is 73.6 Å².